The van der Waals surface area contributed by atoms with Crippen LogP contribution in [0.2, 0.25) is 0 Å². The maximum absolute atomic E-state index is 13.9. The van der Waals surface area contributed by atoms with Gasteiger partial charge in [0.15, 0.2) is 5.17 Å². The molecule has 1 amide bonds. The van der Waals surface area contributed by atoms with E-state index < -0.39 is 0 Å². The van der Waals surface area contributed by atoms with E-state index in [2.05, 4.69) is 32.0 Å². The van der Waals surface area contributed by atoms with E-state index in [0.29, 0.717) is 12.5 Å². The van der Waals surface area contributed by atoms with Crippen LogP contribution in [0.25, 0.3) is 16.8 Å². The number of unbranched alkanes of at least 4 members (excludes halogenated alkanes) is 1. The van der Waals surface area contributed by atoms with Gasteiger partial charge in [0.05, 0.1) is 17.2 Å². The van der Waals surface area contributed by atoms with Crippen molar-refractivity contribution in [3.8, 4) is 5.75 Å². The van der Waals surface area contributed by atoms with Crippen LogP contribution < -0.4 is 4.74 Å². The average molecular weight is 499 g/mol. The highest BCUT2D eigenvalue weighted by Gasteiger charge is 2.41. The van der Waals surface area contributed by atoms with Crippen molar-refractivity contribution in [2.24, 2.45) is 10.9 Å². The third kappa shape index (κ3) is 5.22. The van der Waals surface area contributed by atoms with E-state index in [1.165, 1.54) is 18.2 Å². The Balaban J connectivity index is 1.53. The molecule has 36 heavy (non-hydrogen) atoms. The summed E-state index contributed by atoms with van der Waals surface area (Å²) in [6.07, 6.45) is 8.75. The molecule has 1 aliphatic heterocycles. The Morgan fingerprint density at radius 3 is 2.53 bits per heavy atom. The van der Waals surface area contributed by atoms with Gasteiger partial charge in [-0.15, -0.1) is 0 Å². The lowest BCUT2D eigenvalue weighted by atomic mass is 9.85. The molecular formula is C31H34N2O2S. The van der Waals surface area contributed by atoms with Gasteiger partial charge in [0.25, 0.3) is 5.91 Å². The SMILES string of the molecule is CCCCOc1ccc(/C=C2\SC(=Nc3ccccc3)N([C@H]3CCCC[C@@H]3C)C2=O)c2ccccc12. The molecule has 0 spiro atoms. The minimum absolute atomic E-state index is 0.0702. The lowest BCUT2D eigenvalue weighted by Gasteiger charge is -2.35. The lowest BCUT2D eigenvalue weighted by Crippen LogP contribution is -2.44. The molecule has 3 aromatic rings. The van der Waals surface area contributed by atoms with Crippen molar-refractivity contribution in [1.82, 2.24) is 4.90 Å². The first-order valence-corrected chi connectivity index (χ1v) is 14.0. The fraction of sp³-hybridized carbons (Fsp3) is 0.355. The standard InChI is InChI=1S/C31H34N2O2S/c1-3-4-20-35-28-19-18-23(25-15-9-10-16-26(25)28)21-29-30(34)33(27-17-11-8-12-22(27)2)31(36-29)32-24-13-6-5-7-14-24/h5-7,9-10,13-16,18-19,21-22,27H,3-4,8,11-12,17,20H2,1-2H3/b29-21-,32-31?/t22-,27-/m0/s1. The Labute approximate surface area is 218 Å². The molecule has 0 aromatic heterocycles. The minimum atomic E-state index is 0.0702. The molecule has 0 N–H and O–H groups in total. The van der Waals surface area contributed by atoms with Crippen LogP contribution in [-0.4, -0.2) is 28.6 Å². The van der Waals surface area contributed by atoms with Crippen LogP contribution in [0.4, 0.5) is 5.69 Å². The number of thioether (sulfide) groups is 1. The smallest absolute Gasteiger partial charge is 0.267 e. The van der Waals surface area contributed by atoms with Crippen LogP contribution in [0.1, 0.15) is 57.9 Å². The Bertz CT molecular complexity index is 1280. The number of hydrogen-bond acceptors (Lipinski definition) is 4. The van der Waals surface area contributed by atoms with Crippen molar-refractivity contribution in [3.05, 3.63) is 77.2 Å². The predicted octanol–water partition coefficient (Wildman–Crippen LogP) is 8.20. The first kappa shape index (κ1) is 24.6. The van der Waals surface area contributed by atoms with E-state index in [0.717, 1.165) is 69.9 Å². The second-order valence-corrected chi connectivity index (χ2v) is 10.8. The fourth-order valence-corrected chi connectivity index (χ4v) is 6.20. The van der Waals surface area contributed by atoms with Gasteiger partial charge in [0, 0.05) is 11.4 Å². The monoisotopic (exact) mass is 498 g/mol. The maximum atomic E-state index is 13.9. The summed E-state index contributed by atoms with van der Waals surface area (Å²) in [4.78, 5) is 21.5. The van der Waals surface area contributed by atoms with Crippen molar-refractivity contribution in [2.45, 2.75) is 58.4 Å². The molecule has 0 bridgehead atoms. The number of carbonyl (C=O) groups is 1. The zero-order valence-corrected chi connectivity index (χ0v) is 22.0. The third-order valence-corrected chi connectivity index (χ3v) is 8.16. The summed E-state index contributed by atoms with van der Waals surface area (Å²) in [5.74, 6) is 1.43. The highest BCUT2D eigenvalue weighted by Crippen LogP contribution is 2.41. The number of carbonyl (C=O) groups excluding carboxylic acids is 1. The minimum Gasteiger partial charge on any atom is -0.493 e. The number of aliphatic imine (C=N–C) groups is 1. The molecule has 2 fully saturated rings. The molecule has 2 aliphatic rings. The molecular weight excluding hydrogens is 464 g/mol. The predicted molar refractivity (Wildman–Crippen MR) is 152 cm³/mol. The third-order valence-electron chi connectivity index (χ3n) is 7.18. The van der Waals surface area contributed by atoms with Crippen molar-refractivity contribution in [2.75, 3.05) is 6.61 Å². The molecule has 1 saturated carbocycles. The van der Waals surface area contributed by atoms with Gasteiger partial charge in [-0.2, -0.15) is 0 Å². The molecule has 186 valence electrons. The quantitative estimate of drug-likeness (QED) is 0.243. The number of fused-ring (bicyclic) bond motifs is 1. The Morgan fingerprint density at radius 1 is 1.00 bits per heavy atom. The second-order valence-electron chi connectivity index (χ2n) is 9.75. The van der Waals surface area contributed by atoms with Crippen LogP contribution in [0, 0.1) is 5.92 Å². The Kier molecular flexibility index (Phi) is 7.76. The molecule has 3 aromatic carbocycles. The topological polar surface area (TPSA) is 41.9 Å². The normalized spacial score (nSPS) is 22.6. The van der Waals surface area contributed by atoms with Crippen LogP contribution in [0.3, 0.4) is 0 Å². The molecule has 0 unspecified atom stereocenters. The summed E-state index contributed by atoms with van der Waals surface area (Å²) < 4.78 is 6.08. The van der Waals surface area contributed by atoms with Crippen molar-refractivity contribution < 1.29 is 9.53 Å². The Hall–Kier alpha value is -3.05. The molecule has 1 aliphatic carbocycles. The number of amides is 1. The van der Waals surface area contributed by atoms with Gasteiger partial charge in [-0.25, -0.2) is 4.99 Å². The number of para-hydroxylation sites is 1. The number of benzene rings is 3. The largest absolute Gasteiger partial charge is 0.493 e. The van der Waals surface area contributed by atoms with Crippen LogP contribution in [0.15, 0.2) is 76.6 Å². The average Bonchev–Trinajstić information content (AvgIpc) is 3.20. The van der Waals surface area contributed by atoms with Crippen molar-refractivity contribution in [3.63, 3.8) is 0 Å². The lowest BCUT2D eigenvalue weighted by molar-refractivity contribution is -0.124. The molecule has 2 atom stereocenters. The molecule has 5 heteroatoms. The van der Waals surface area contributed by atoms with Gasteiger partial charge < -0.3 is 4.74 Å². The summed E-state index contributed by atoms with van der Waals surface area (Å²) in [7, 11) is 0. The molecule has 5 rings (SSSR count). The van der Waals surface area contributed by atoms with Crippen LogP contribution in [-0.2, 0) is 4.79 Å². The molecule has 0 radical (unpaired) electrons. The van der Waals surface area contributed by atoms with Gasteiger partial charge >= 0.3 is 0 Å². The van der Waals surface area contributed by atoms with Gasteiger partial charge in [-0.1, -0.05) is 81.6 Å². The second kappa shape index (κ2) is 11.3. The van der Waals surface area contributed by atoms with Crippen molar-refractivity contribution in [1.29, 1.82) is 0 Å². The highest BCUT2D eigenvalue weighted by atomic mass is 32.2. The first-order valence-electron chi connectivity index (χ1n) is 13.2. The zero-order chi connectivity index (χ0) is 24.9. The van der Waals surface area contributed by atoms with Gasteiger partial charge in [0.2, 0.25) is 0 Å². The van der Waals surface area contributed by atoms with Gasteiger partial charge in [0.1, 0.15) is 5.75 Å². The first-order chi connectivity index (χ1) is 17.7. The number of rotatable bonds is 7. The number of hydrogen-bond donors (Lipinski definition) is 0. The number of nitrogens with zero attached hydrogens (tertiary/aromatic N) is 2. The van der Waals surface area contributed by atoms with E-state index in [4.69, 9.17) is 9.73 Å². The summed E-state index contributed by atoms with van der Waals surface area (Å²) in [5, 5.41) is 2.97. The van der Waals surface area contributed by atoms with E-state index in [9.17, 15) is 4.79 Å². The Morgan fingerprint density at radius 2 is 1.75 bits per heavy atom. The summed E-state index contributed by atoms with van der Waals surface area (Å²) >= 11 is 1.50. The van der Waals surface area contributed by atoms with E-state index in [-0.39, 0.29) is 11.9 Å². The van der Waals surface area contributed by atoms with Gasteiger partial charge in [-0.05, 0) is 72.2 Å². The molecule has 1 saturated heterocycles. The summed E-state index contributed by atoms with van der Waals surface area (Å²) in [6.45, 7) is 5.15. The van der Waals surface area contributed by atoms with E-state index >= 15 is 0 Å². The van der Waals surface area contributed by atoms with Crippen LogP contribution >= 0.6 is 11.8 Å². The van der Waals surface area contributed by atoms with E-state index in [1.54, 1.807) is 0 Å². The fourth-order valence-electron chi connectivity index (χ4n) is 5.16. The highest BCUT2D eigenvalue weighted by molar-refractivity contribution is 8.18. The molecule has 1 heterocycles. The summed E-state index contributed by atoms with van der Waals surface area (Å²) in [6, 6.07) is 22.5. The van der Waals surface area contributed by atoms with E-state index in [1.807, 2.05) is 59.5 Å². The number of ether oxygens (including phenoxy) is 1. The van der Waals surface area contributed by atoms with Crippen molar-refractivity contribution >= 4 is 45.4 Å². The maximum Gasteiger partial charge on any atom is 0.267 e. The van der Waals surface area contributed by atoms with Crippen LogP contribution in [0.5, 0.6) is 5.75 Å². The summed E-state index contributed by atoms with van der Waals surface area (Å²) in [5.41, 5.74) is 1.91. The molecule has 4 nitrogen and oxygen atoms in total. The zero-order valence-electron chi connectivity index (χ0n) is 21.2. The van der Waals surface area contributed by atoms with Gasteiger partial charge in [-0.3, -0.25) is 9.69 Å². The number of amidine groups is 1.